The van der Waals surface area contributed by atoms with Crippen LogP contribution < -0.4 is 14.8 Å². The zero-order valence-corrected chi connectivity index (χ0v) is 12.6. The van der Waals surface area contributed by atoms with Gasteiger partial charge < -0.3 is 14.8 Å². The molecular formula is C16H13ClN2O3. The number of ether oxygens (including phenoxy) is 2. The highest BCUT2D eigenvalue weighted by Crippen LogP contribution is 2.40. The van der Waals surface area contributed by atoms with Gasteiger partial charge in [-0.15, -0.1) is 0 Å². The molecule has 112 valence electrons. The molecule has 1 N–H and O–H groups in total. The lowest BCUT2D eigenvalue weighted by Crippen LogP contribution is -2.09. The van der Waals surface area contributed by atoms with Gasteiger partial charge in [0, 0.05) is 12.3 Å². The third-order valence-corrected chi connectivity index (χ3v) is 3.32. The Labute approximate surface area is 132 Å². The van der Waals surface area contributed by atoms with Crippen molar-refractivity contribution in [3.05, 3.63) is 52.7 Å². The minimum Gasteiger partial charge on any atom is -0.454 e. The highest BCUT2D eigenvalue weighted by molar-refractivity contribution is 6.32. The summed E-state index contributed by atoms with van der Waals surface area (Å²) in [7, 11) is 0. The number of pyridine rings is 1. The number of nitrogens with zero attached hydrogens (tertiary/aromatic N) is 1. The number of amides is 1. The van der Waals surface area contributed by atoms with Crippen molar-refractivity contribution in [1.29, 1.82) is 0 Å². The Bertz CT molecular complexity index is 759. The molecule has 0 saturated heterocycles. The van der Waals surface area contributed by atoms with E-state index >= 15 is 0 Å². The fourth-order valence-corrected chi connectivity index (χ4v) is 2.30. The lowest BCUT2D eigenvalue weighted by atomic mass is 10.2. The summed E-state index contributed by atoms with van der Waals surface area (Å²) in [5.74, 6) is 1.35. The molecule has 0 spiro atoms. The van der Waals surface area contributed by atoms with E-state index in [9.17, 15) is 4.79 Å². The van der Waals surface area contributed by atoms with Crippen molar-refractivity contribution < 1.29 is 14.3 Å². The molecule has 22 heavy (non-hydrogen) atoms. The Morgan fingerprint density at radius 1 is 1.36 bits per heavy atom. The molecule has 2 heterocycles. The van der Waals surface area contributed by atoms with E-state index < -0.39 is 0 Å². The van der Waals surface area contributed by atoms with Gasteiger partial charge in [0.25, 0.3) is 0 Å². The van der Waals surface area contributed by atoms with Gasteiger partial charge in [-0.25, -0.2) is 4.98 Å². The molecule has 0 unspecified atom stereocenters. The average Bonchev–Trinajstić information content (AvgIpc) is 2.94. The Balaban J connectivity index is 1.71. The van der Waals surface area contributed by atoms with Crippen molar-refractivity contribution in [1.82, 2.24) is 4.98 Å². The highest BCUT2D eigenvalue weighted by atomic mass is 35.5. The molecule has 5 nitrogen and oxygen atoms in total. The number of hydrogen-bond acceptors (Lipinski definition) is 4. The van der Waals surface area contributed by atoms with Crippen LogP contribution in [0.25, 0.3) is 6.08 Å². The van der Waals surface area contributed by atoms with E-state index in [1.54, 1.807) is 30.5 Å². The minimum atomic E-state index is -0.271. The number of aromatic nitrogens is 1. The minimum absolute atomic E-state index is 0.154. The number of aryl methyl sites for hydroxylation is 1. The van der Waals surface area contributed by atoms with Crippen LogP contribution in [0.4, 0.5) is 5.82 Å². The first-order chi connectivity index (χ1) is 10.6. The van der Waals surface area contributed by atoms with Gasteiger partial charge in [0.15, 0.2) is 11.5 Å². The van der Waals surface area contributed by atoms with Crippen LogP contribution in [-0.2, 0) is 4.79 Å². The fraction of sp³-hybridized carbons (Fsp3) is 0.125. The van der Waals surface area contributed by atoms with Crippen LogP contribution in [0, 0.1) is 6.92 Å². The quantitative estimate of drug-likeness (QED) is 0.881. The van der Waals surface area contributed by atoms with Crippen LogP contribution in [0.1, 0.15) is 11.1 Å². The van der Waals surface area contributed by atoms with Gasteiger partial charge in [0.1, 0.15) is 5.82 Å². The van der Waals surface area contributed by atoms with E-state index in [1.807, 2.05) is 13.0 Å². The summed E-state index contributed by atoms with van der Waals surface area (Å²) in [5, 5.41) is 3.15. The first-order valence-corrected chi connectivity index (χ1v) is 7.00. The monoisotopic (exact) mass is 316 g/mol. The Kier molecular flexibility index (Phi) is 3.98. The summed E-state index contributed by atoms with van der Waals surface area (Å²) in [6, 6.07) is 7.13. The summed E-state index contributed by atoms with van der Waals surface area (Å²) >= 11 is 6.09. The van der Waals surface area contributed by atoms with Crippen LogP contribution in [0.15, 0.2) is 36.5 Å². The predicted molar refractivity (Wildman–Crippen MR) is 84.2 cm³/mol. The van der Waals surface area contributed by atoms with E-state index in [-0.39, 0.29) is 12.7 Å². The second kappa shape index (κ2) is 6.07. The van der Waals surface area contributed by atoms with Crippen LogP contribution in [0.3, 0.4) is 0 Å². The average molecular weight is 317 g/mol. The molecule has 3 rings (SSSR count). The lowest BCUT2D eigenvalue weighted by molar-refractivity contribution is -0.111. The van der Waals surface area contributed by atoms with Gasteiger partial charge in [0.05, 0.1) is 5.02 Å². The second-order valence-corrected chi connectivity index (χ2v) is 5.18. The first kappa shape index (κ1) is 14.4. The molecule has 2 aromatic rings. The largest absolute Gasteiger partial charge is 0.454 e. The molecule has 0 aliphatic carbocycles. The van der Waals surface area contributed by atoms with Gasteiger partial charge in [-0.2, -0.15) is 0 Å². The standard InChI is InChI=1S/C16H13ClN2O3/c1-10-4-5-18-14(6-10)19-15(20)3-2-11-7-12(17)16-13(8-11)21-9-22-16/h2-8H,9H2,1H3,(H,18,19,20)/b3-2+. The van der Waals surface area contributed by atoms with E-state index in [0.717, 1.165) is 11.1 Å². The normalized spacial score (nSPS) is 12.6. The van der Waals surface area contributed by atoms with Gasteiger partial charge in [0.2, 0.25) is 12.7 Å². The summed E-state index contributed by atoms with van der Waals surface area (Å²) in [5.41, 5.74) is 1.78. The molecule has 1 amide bonds. The molecular weight excluding hydrogens is 304 g/mol. The number of carbonyl (C=O) groups is 1. The molecule has 0 fully saturated rings. The SMILES string of the molecule is Cc1ccnc(NC(=O)/C=C/c2cc(Cl)c3c(c2)OCO3)c1. The molecule has 6 heteroatoms. The number of hydrogen-bond donors (Lipinski definition) is 1. The summed E-state index contributed by atoms with van der Waals surface area (Å²) < 4.78 is 10.5. The number of benzene rings is 1. The van der Waals surface area contributed by atoms with Crippen molar-refractivity contribution in [2.45, 2.75) is 6.92 Å². The number of carbonyl (C=O) groups excluding carboxylic acids is 1. The second-order valence-electron chi connectivity index (χ2n) is 4.78. The molecule has 1 aromatic heterocycles. The van der Waals surface area contributed by atoms with Crippen LogP contribution in [0.5, 0.6) is 11.5 Å². The number of anilines is 1. The molecule has 0 bridgehead atoms. The Morgan fingerprint density at radius 3 is 3.05 bits per heavy atom. The van der Waals surface area contributed by atoms with Crippen molar-refractivity contribution in [2.75, 3.05) is 12.1 Å². The van der Waals surface area contributed by atoms with Crippen molar-refractivity contribution in [3.63, 3.8) is 0 Å². The lowest BCUT2D eigenvalue weighted by Gasteiger charge is -2.02. The van der Waals surface area contributed by atoms with Gasteiger partial charge >= 0.3 is 0 Å². The maximum absolute atomic E-state index is 11.9. The zero-order chi connectivity index (χ0) is 15.5. The Hall–Kier alpha value is -2.53. The third-order valence-electron chi connectivity index (χ3n) is 3.04. The van der Waals surface area contributed by atoms with Gasteiger partial charge in [-0.1, -0.05) is 11.6 Å². The topological polar surface area (TPSA) is 60.5 Å². The predicted octanol–water partition coefficient (Wildman–Crippen LogP) is 3.42. The molecule has 0 saturated carbocycles. The highest BCUT2D eigenvalue weighted by Gasteiger charge is 2.17. The molecule has 1 aromatic carbocycles. The maximum Gasteiger partial charge on any atom is 0.249 e. The number of rotatable bonds is 3. The van der Waals surface area contributed by atoms with Crippen LogP contribution in [0.2, 0.25) is 5.02 Å². The maximum atomic E-state index is 11.9. The van der Waals surface area contributed by atoms with Gasteiger partial charge in [-0.05, 0) is 48.4 Å². The number of fused-ring (bicyclic) bond motifs is 1. The molecule has 1 aliphatic heterocycles. The summed E-state index contributed by atoms with van der Waals surface area (Å²) in [6.07, 6.45) is 4.71. The van der Waals surface area contributed by atoms with Crippen LogP contribution in [-0.4, -0.2) is 17.7 Å². The van der Waals surface area contributed by atoms with Crippen molar-refractivity contribution in [3.8, 4) is 11.5 Å². The molecule has 0 radical (unpaired) electrons. The zero-order valence-electron chi connectivity index (χ0n) is 11.8. The van der Waals surface area contributed by atoms with E-state index in [1.165, 1.54) is 6.08 Å². The van der Waals surface area contributed by atoms with E-state index in [4.69, 9.17) is 21.1 Å². The number of nitrogens with one attached hydrogen (secondary N) is 1. The summed E-state index contributed by atoms with van der Waals surface area (Å²) in [6.45, 7) is 2.09. The summed E-state index contributed by atoms with van der Waals surface area (Å²) in [4.78, 5) is 16.0. The van der Waals surface area contributed by atoms with Crippen molar-refractivity contribution >= 4 is 29.4 Å². The molecule has 0 atom stereocenters. The fourth-order valence-electron chi connectivity index (χ4n) is 2.03. The Morgan fingerprint density at radius 2 is 2.23 bits per heavy atom. The van der Waals surface area contributed by atoms with E-state index in [2.05, 4.69) is 10.3 Å². The molecule has 1 aliphatic rings. The number of halogens is 1. The van der Waals surface area contributed by atoms with Gasteiger partial charge in [-0.3, -0.25) is 4.79 Å². The third kappa shape index (κ3) is 3.20. The smallest absolute Gasteiger partial charge is 0.249 e. The van der Waals surface area contributed by atoms with E-state index in [0.29, 0.717) is 22.3 Å². The van der Waals surface area contributed by atoms with Crippen molar-refractivity contribution in [2.24, 2.45) is 0 Å². The van der Waals surface area contributed by atoms with Crippen LogP contribution >= 0.6 is 11.6 Å². The first-order valence-electron chi connectivity index (χ1n) is 6.63.